The first-order chi connectivity index (χ1) is 16.6. The van der Waals surface area contributed by atoms with Gasteiger partial charge in [0.2, 0.25) is 0 Å². The zero-order valence-electron chi connectivity index (χ0n) is 19.1. The number of nitrogens with zero attached hydrogens (tertiary/aromatic N) is 1. The van der Waals surface area contributed by atoms with Crippen molar-refractivity contribution in [3.05, 3.63) is 94.0 Å². The molecule has 34 heavy (non-hydrogen) atoms. The minimum Gasteiger partial charge on any atom is -0.337 e. The normalized spacial score (nSPS) is 20.8. The van der Waals surface area contributed by atoms with Crippen LogP contribution < -0.4 is 0 Å². The fourth-order valence-electron chi connectivity index (χ4n) is 5.26. The molecule has 3 nitrogen and oxygen atoms in total. The quantitative estimate of drug-likeness (QED) is 0.394. The van der Waals surface area contributed by atoms with E-state index < -0.39 is 0 Å². The van der Waals surface area contributed by atoms with Gasteiger partial charge >= 0.3 is 0 Å². The molecule has 1 aliphatic carbocycles. The molecule has 1 saturated carbocycles. The maximum atomic E-state index is 14.1. The Morgan fingerprint density at radius 2 is 1.85 bits per heavy atom. The number of Topliss-reactive ketones (excluding diaryl/α,β-unsaturated/α-hetero) is 1. The lowest BCUT2D eigenvalue weighted by atomic mass is 9.91. The lowest BCUT2D eigenvalue weighted by Crippen LogP contribution is -2.31. The summed E-state index contributed by atoms with van der Waals surface area (Å²) >= 11 is 1.49. The van der Waals surface area contributed by atoms with Crippen molar-refractivity contribution in [2.45, 2.75) is 32.1 Å². The number of ketones is 1. The maximum absolute atomic E-state index is 14.1. The van der Waals surface area contributed by atoms with E-state index in [0.29, 0.717) is 17.8 Å². The van der Waals surface area contributed by atoms with Gasteiger partial charge in [0.1, 0.15) is 11.6 Å². The first-order valence-electron chi connectivity index (χ1n) is 12.0. The van der Waals surface area contributed by atoms with Gasteiger partial charge in [0, 0.05) is 31.0 Å². The van der Waals surface area contributed by atoms with Crippen molar-refractivity contribution in [1.29, 1.82) is 0 Å². The number of carbonyl (C=O) groups excluding carboxylic acids is 2. The Morgan fingerprint density at radius 3 is 2.62 bits per heavy atom. The summed E-state index contributed by atoms with van der Waals surface area (Å²) in [6.45, 7) is 1.45. The first-order valence-corrected chi connectivity index (χ1v) is 12.8. The van der Waals surface area contributed by atoms with E-state index in [1.807, 2.05) is 52.7 Å². The predicted octanol–water partition coefficient (Wildman–Crippen LogP) is 6.55. The van der Waals surface area contributed by atoms with Crippen LogP contribution in [0.2, 0.25) is 0 Å². The second-order valence-corrected chi connectivity index (χ2v) is 10.2. The van der Waals surface area contributed by atoms with Crippen molar-refractivity contribution in [2.24, 2.45) is 11.8 Å². The molecule has 1 aromatic heterocycles. The molecule has 0 radical (unpaired) electrons. The molecular formula is C29H28FNO2S. The first kappa shape index (κ1) is 22.7. The van der Waals surface area contributed by atoms with Gasteiger partial charge in [-0.15, -0.1) is 11.3 Å². The summed E-state index contributed by atoms with van der Waals surface area (Å²) in [5.74, 6) is 0.532. The van der Waals surface area contributed by atoms with E-state index in [0.717, 1.165) is 54.8 Å². The molecule has 1 amide bonds. The van der Waals surface area contributed by atoms with Crippen LogP contribution in [0.25, 0.3) is 11.1 Å². The molecule has 3 aromatic rings. The fraction of sp³-hybridized carbons (Fsp3) is 0.310. The molecule has 0 N–H and O–H groups in total. The van der Waals surface area contributed by atoms with Crippen molar-refractivity contribution in [2.75, 3.05) is 13.1 Å². The highest BCUT2D eigenvalue weighted by Crippen LogP contribution is 2.37. The van der Waals surface area contributed by atoms with Crippen LogP contribution in [0.3, 0.4) is 0 Å². The van der Waals surface area contributed by atoms with E-state index in [1.165, 1.54) is 23.0 Å². The van der Waals surface area contributed by atoms with Crippen LogP contribution in [0.5, 0.6) is 0 Å². The van der Waals surface area contributed by atoms with Crippen LogP contribution in [0.15, 0.2) is 77.7 Å². The summed E-state index contributed by atoms with van der Waals surface area (Å²) in [5, 5.41) is 1.94. The number of rotatable bonds is 5. The Balaban J connectivity index is 1.19. The van der Waals surface area contributed by atoms with E-state index >= 15 is 0 Å². The molecule has 5 heteroatoms. The fourth-order valence-corrected chi connectivity index (χ4v) is 5.95. The molecule has 174 valence electrons. The van der Waals surface area contributed by atoms with E-state index in [4.69, 9.17) is 0 Å². The minimum absolute atomic E-state index is 0.0253. The van der Waals surface area contributed by atoms with Crippen LogP contribution in [-0.2, 0) is 11.2 Å². The third-order valence-corrected chi connectivity index (χ3v) is 7.97. The molecule has 0 saturated heterocycles. The summed E-state index contributed by atoms with van der Waals surface area (Å²) in [5.41, 5.74) is 3.90. The number of carbonyl (C=O) groups is 2. The number of halogens is 1. The zero-order valence-corrected chi connectivity index (χ0v) is 19.9. The number of thiophene rings is 1. The van der Waals surface area contributed by atoms with E-state index in [1.54, 1.807) is 12.1 Å². The molecule has 2 aromatic carbocycles. The topological polar surface area (TPSA) is 37.4 Å². The lowest BCUT2D eigenvalue weighted by Gasteiger charge is -2.20. The van der Waals surface area contributed by atoms with E-state index in [-0.39, 0.29) is 23.6 Å². The Hall–Kier alpha value is -3.05. The Morgan fingerprint density at radius 1 is 1.03 bits per heavy atom. The molecule has 2 aliphatic rings. The minimum atomic E-state index is -0.226. The highest BCUT2D eigenvalue weighted by molar-refractivity contribution is 7.12. The van der Waals surface area contributed by atoms with Gasteiger partial charge in [-0.3, -0.25) is 9.59 Å². The average molecular weight is 474 g/mol. The lowest BCUT2D eigenvalue weighted by molar-refractivity contribution is -0.120. The van der Waals surface area contributed by atoms with Crippen molar-refractivity contribution in [3.8, 4) is 11.1 Å². The molecule has 1 aliphatic heterocycles. The summed E-state index contributed by atoms with van der Waals surface area (Å²) in [6, 6.07) is 18.5. The summed E-state index contributed by atoms with van der Waals surface area (Å²) in [6.07, 6.45) is 6.16. The molecule has 2 atom stereocenters. The number of hydrogen-bond donors (Lipinski definition) is 0. The van der Waals surface area contributed by atoms with Crippen LogP contribution in [0.1, 0.15) is 40.9 Å². The summed E-state index contributed by atoms with van der Waals surface area (Å²) in [4.78, 5) is 28.3. The molecular weight excluding hydrogens is 445 g/mol. The van der Waals surface area contributed by atoms with Crippen LogP contribution in [0.4, 0.5) is 4.39 Å². The third-order valence-electron chi connectivity index (χ3n) is 7.11. The van der Waals surface area contributed by atoms with Gasteiger partial charge in [0.25, 0.3) is 5.91 Å². The van der Waals surface area contributed by atoms with Crippen LogP contribution in [0, 0.1) is 17.7 Å². The zero-order chi connectivity index (χ0) is 23.5. The van der Waals surface area contributed by atoms with Gasteiger partial charge in [-0.25, -0.2) is 4.39 Å². The van der Waals surface area contributed by atoms with Crippen molar-refractivity contribution < 1.29 is 14.0 Å². The highest BCUT2D eigenvalue weighted by Gasteiger charge is 2.35. The Labute approximate surface area is 203 Å². The monoisotopic (exact) mass is 473 g/mol. The van der Waals surface area contributed by atoms with Gasteiger partial charge in [-0.1, -0.05) is 60.2 Å². The van der Waals surface area contributed by atoms with Gasteiger partial charge in [0.15, 0.2) is 0 Å². The summed E-state index contributed by atoms with van der Waals surface area (Å²) in [7, 11) is 0. The second kappa shape index (κ2) is 10.1. The predicted molar refractivity (Wildman–Crippen MR) is 134 cm³/mol. The molecule has 0 bridgehead atoms. The van der Waals surface area contributed by atoms with Gasteiger partial charge < -0.3 is 4.90 Å². The largest absolute Gasteiger partial charge is 0.337 e. The Kier molecular flexibility index (Phi) is 6.73. The highest BCUT2D eigenvalue weighted by atomic mass is 32.1. The molecule has 0 spiro atoms. The van der Waals surface area contributed by atoms with Crippen molar-refractivity contribution in [3.63, 3.8) is 0 Å². The molecule has 5 rings (SSSR count). The van der Waals surface area contributed by atoms with Crippen LogP contribution >= 0.6 is 11.3 Å². The standard InChI is InChI=1S/C29H28FNO2S/c30-26-7-2-1-6-25(26)22-11-9-20(10-12-22)17-24-18-23(19-27(24)32)21-5-3-14-31(15-13-21)29(33)28-8-4-16-34-28/h1-2,4-12,16,23-24H,3,13-15,17-19H2. The number of hydrogen-bond acceptors (Lipinski definition) is 3. The number of benzene rings is 2. The van der Waals surface area contributed by atoms with Gasteiger partial charge in [-0.05, 0) is 60.2 Å². The van der Waals surface area contributed by atoms with Crippen LogP contribution in [-0.4, -0.2) is 29.7 Å². The van der Waals surface area contributed by atoms with E-state index in [9.17, 15) is 14.0 Å². The van der Waals surface area contributed by atoms with E-state index in [2.05, 4.69) is 6.08 Å². The Bertz CT molecular complexity index is 1200. The summed E-state index contributed by atoms with van der Waals surface area (Å²) < 4.78 is 14.1. The van der Waals surface area contributed by atoms with Crippen molar-refractivity contribution >= 4 is 23.0 Å². The molecule has 2 heterocycles. The van der Waals surface area contributed by atoms with Gasteiger partial charge in [0.05, 0.1) is 4.88 Å². The molecule has 1 fully saturated rings. The maximum Gasteiger partial charge on any atom is 0.263 e. The molecule has 2 unspecified atom stereocenters. The SMILES string of the molecule is O=C1CC(C2=CCCN(C(=O)c3cccs3)CC2)CC1Cc1ccc(-c2ccccc2F)cc1. The van der Waals surface area contributed by atoms with Crippen molar-refractivity contribution in [1.82, 2.24) is 4.90 Å². The van der Waals surface area contributed by atoms with Gasteiger partial charge in [-0.2, -0.15) is 0 Å². The number of amides is 1. The second-order valence-electron chi connectivity index (χ2n) is 9.27. The average Bonchev–Trinajstić information content (AvgIpc) is 3.44. The third kappa shape index (κ3) is 4.90. The smallest absolute Gasteiger partial charge is 0.263 e.